The molecule has 0 aliphatic carbocycles. The molecule has 1 fully saturated rings. The molecule has 0 N–H and O–H groups in total. The zero-order valence-corrected chi connectivity index (χ0v) is 18.6. The Balaban J connectivity index is 1.24. The van der Waals surface area contributed by atoms with Crippen LogP contribution in [0.2, 0.25) is 0 Å². The lowest BCUT2D eigenvalue weighted by Gasteiger charge is -2.39. The molecule has 0 spiro atoms. The van der Waals surface area contributed by atoms with Gasteiger partial charge in [0.15, 0.2) is 9.84 Å². The number of benzene rings is 3. The van der Waals surface area contributed by atoms with Crippen LogP contribution in [0.1, 0.15) is 15.9 Å². The molecule has 1 amide bonds. The van der Waals surface area contributed by atoms with Gasteiger partial charge in [-0.1, -0.05) is 48.5 Å². The zero-order chi connectivity index (χ0) is 22.8. The second-order valence-corrected chi connectivity index (χ2v) is 10.0. The van der Waals surface area contributed by atoms with E-state index >= 15 is 0 Å². The molecule has 0 bridgehead atoms. The SMILES string of the molecule is O=C(c1ccc(CS(=O)(=O)c2cccc3cccnc23)cc1)N1CC(Oc2ccccc2)C1. The van der Waals surface area contributed by atoms with E-state index in [1.807, 2.05) is 42.5 Å². The number of carbonyl (C=O) groups is 1. The van der Waals surface area contributed by atoms with Crippen LogP contribution in [0.4, 0.5) is 0 Å². The highest BCUT2D eigenvalue weighted by molar-refractivity contribution is 7.90. The Morgan fingerprint density at radius 1 is 0.909 bits per heavy atom. The van der Waals surface area contributed by atoms with Gasteiger partial charge in [-0.3, -0.25) is 9.78 Å². The standard InChI is InChI=1S/C26H22N2O4S/c29-26(28-16-23(17-28)32-22-8-2-1-3-9-22)21-13-11-19(12-14-21)18-33(30,31)24-10-4-6-20-7-5-15-27-25(20)24/h1-15,23H,16-18H2. The lowest BCUT2D eigenvalue weighted by Crippen LogP contribution is -2.56. The first-order valence-corrected chi connectivity index (χ1v) is 12.3. The molecule has 7 heteroatoms. The third kappa shape index (κ3) is 4.45. The number of amides is 1. The fourth-order valence-corrected chi connectivity index (χ4v) is 5.46. The predicted octanol–water partition coefficient (Wildman–Crippen LogP) is 4.11. The maximum Gasteiger partial charge on any atom is 0.254 e. The highest BCUT2D eigenvalue weighted by Gasteiger charge is 2.32. The normalized spacial score (nSPS) is 14.1. The number of sulfone groups is 1. The van der Waals surface area contributed by atoms with Gasteiger partial charge < -0.3 is 9.64 Å². The summed E-state index contributed by atoms with van der Waals surface area (Å²) in [5.41, 5.74) is 1.62. The first-order valence-electron chi connectivity index (χ1n) is 10.7. The highest BCUT2D eigenvalue weighted by Crippen LogP contribution is 2.25. The molecule has 4 aromatic rings. The molecule has 0 unspecified atom stereocenters. The zero-order valence-electron chi connectivity index (χ0n) is 17.8. The summed E-state index contributed by atoms with van der Waals surface area (Å²) in [5.74, 6) is 0.547. The number of ether oxygens (including phenoxy) is 1. The van der Waals surface area contributed by atoms with Crippen LogP contribution >= 0.6 is 0 Å². The number of para-hydroxylation sites is 2. The minimum Gasteiger partial charge on any atom is -0.487 e. The smallest absolute Gasteiger partial charge is 0.254 e. The van der Waals surface area contributed by atoms with Crippen molar-refractivity contribution in [3.8, 4) is 5.75 Å². The van der Waals surface area contributed by atoms with Crippen LogP contribution in [0.15, 0.2) is 96.0 Å². The van der Waals surface area contributed by atoms with Crippen LogP contribution in [-0.2, 0) is 15.6 Å². The molecule has 5 rings (SSSR count). The van der Waals surface area contributed by atoms with Crippen molar-refractivity contribution in [3.05, 3.63) is 102 Å². The molecule has 166 valence electrons. The van der Waals surface area contributed by atoms with Crippen LogP contribution in [0.3, 0.4) is 0 Å². The molecule has 33 heavy (non-hydrogen) atoms. The molecule has 1 saturated heterocycles. The lowest BCUT2D eigenvalue weighted by molar-refractivity contribution is 0.0178. The summed E-state index contributed by atoms with van der Waals surface area (Å²) < 4.78 is 32.0. The number of pyridine rings is 1. The molecule has 0 saturated carbocycles. The van der Waals surface area contributed by atoms with E-state index in [2.05, 4.69) is 4.98 Å². The second-order valence-electron chi connectivity index (χ2n) is 8.05. The first kappa shape index (κ1) is 21.2. The van der Waals surface area contributed by atoms with E-state index in [0.717, 1.165) is 11.1 Å². The molecular weight excluding hydrogens is 436 g/mol. The van der Waals surface area contributed by atoms with Crippen molar-refractivity contribution in [1.82, 2.24) is 9.88 Å². The number of nitrogens with zero attached hydrogens (tertiary/aromatic N) is 2. The minimum atomic E-state index is -3.59. The number of aromatic nitrogens is 1. The van der Waals surface area contributed by atoms with E-state index in [4.69, 9.17) is 4.74 Å². The van der Waals surface area contributed by atoms with E-state index < -0.39 is 9.84 Å². The van der Waals surface area contributed by atoms with E-state index in [1.54, 1.807) is 53.6 Å². The number of fused-ring (bicyclic) bond motifs is 1. The fraction of sp³-hybridized carbons (Fsp3) is 0.154. The Morgan fingerprint density at radius 3 is 2.39 bits per heavy atom. The van der Waals surface area contributed by atoms with E-state index in [1.165, 1.54) is 0 Å². The number of carbonyl (C=O) groups excluding carboxylic acids is 1. The van der Waals surface area contributed by atoms with Gasteiger partial charge in [0, 0.05) is 17.1 Å². The van der Waals surface area contributed by atoms with Gasteiger partial charge in [0.05, 0.1) is 29.3 Å². The van der Waals surface area contributed by atoms with Crippen LogP contribution < -0.4 is 4.74 Å². The van der Waals surface area contributed by atoms with Crippen molar-refractivity contribution in [2.24, 2.45) is 0 Å². The number of likely N-dealkylation sites (tertiary alicyclic amines) is 1. The number of hydrogen-bond acceptors (Lipinski definition) is 5. The average Bonchev–Trinajstić information content (AvgIpc) is 2.81. The first-order chi connectivity index (χ1) is 16.0. The molecule has 1 aromatic heterocycles. The van der Waals surface area contributed by atoms with Gasteiger partial charge >= 0.3 is 0 Å². The van der Waals surface area contributed by atoms with Crippen molar-refractivity contribution in [2.45, 2.75) is 16.8 Å². The summed E-state index contributed by atoms with van der Waals surface area (Å²) in [4.78, 5) is 18.9. The fourth-order valence-electron chi connectivity index (χ4n) is 3.92. The third-order valence-corrected chi connectivity index (χ3v) is 7.38. The van der Waals surface area contributed by atoms with Gasteiger partial charge in [-0.2, -0.15) is 0 Å². The molecule has 1 aliphatic heterocycles. The summed E-state index contributed by atoms with van der Waals surface area (Å²) in [6, 6.07) is 25.1. The minimum absolute atomic E-state index is 0.0185. The summed E-state index contributed by atoms with van der Waals surface area (Å²) in [6.07, 6.45) is 1.57. The number of hydrogen-bond donors (Lipinski definition) is 0. The van der Waals surface area contributed by atoms with Crippen LogP contribution in [0.5, 0.6) is 5.75 Å². The van der Waals surface area contributed by atoms with Gasteiger partial charge in [0.1, 0.15) is 11.9 Å². The van der Waals surface area contributed by atoms with E-state index in [0.29, 0.717) is 29.7 Å². The van der Waals surface area contributed by atoms with Gasteiger partial charge in [-0.15, -0.1) is 0 Å². The average molecular weight is 459 g/mol. The Morgan fingerprint density at radius 2 is 1.64 bits per heavy atom. The molecule has 6 nitrogen and oxygen atoms in total. The van der Waals surface area contributed by atoms with Crippen LogP contribution in [0.25, 0.3) is 10.9 Å². The quantitative estimate of drug-likeness (QED) is 0.435. The molecule has 0 radical (unpaired) electrons. The summed E-state index contributed by atoms with van der Waals surface area (Å²) in [7, 11) is -3.59. The lowest BCUT2D eigenvalue weighted by atomic mass is 10.1. The van der Waals surface area contributed by atoms with Crippen molar-refractivity contribution in [1.29, 1.82) is 0 Å². The largest absolute Gasteiger partial charge is 0.487 e. The monoisotopic (exact) mass is 458 g/mol. The second kappa shape index (κ2) is 8.67. The van der Waals surface area contributed by atoms with Gasteiger partial charge in [-0.25, -0.2) is 8.42 Å². The Kier molecular flexibility index (Phi) is 5.56. The van der Waals surface area contributed by atoms with Crippen molar-refractivity contribution in [3.63, 3.8) is 0 Å². The number of rotatable bonds is 6. The van der Waals surface area contributed by atoms with Crippen LogP contribution in [0, 0.1) is 0 Å². The Labute approximate surface area is 192 Å². The summed E-state index contributed by atoms with van der Waals surface area (Å²) in [5, 5.41) is 0.781. The van der Waals surface area contributed by atoms with E-state index in [-0.39, 0.29) is 22.7 Å². The van der Waals surface area contributed by atoms with Crippen molar-refractivity contribution < 1.29 is 17.9 Å². The Bertz CT molecular complexity index is 1390. The predicted molar refractivity (Wildman–Crippen MR) is 126 cm³/mol. The van der Waals surface area contributed by atoms with Crippen molar-refractivity contribution in [2.75, 3.05) is 13.1 Å². The molecule has 1 aliphatic rings. The van der Waals surface area contributed by atoms with Crippen LogP contribution in [-0.4, -0.2) is 43.4 Å². The van der Waals surface area contributed by atoms with Gasteiger partial charge in [0.2, 0.25) is 0 Å². The van der Waals surface area contributed by atoms with Gasteiger partial charge in [-0.05, 0) is 42.0 Å². The van der Waals surface area contributed by atoms with Gasteiger partial charge in [0.25, 0.3) is 5.91 Å². The maximum absolute atomic E-state index is 13.1. The summed E-state index contributed by atoms with van der Waals surface area (Å²) >= 11 is 0. The Hall–Kier alpha value is -3.71. The molecule has 2 heterocycles. The highest BCUT2D eigenvalue weighted by atomic mass is 32.2. The van der Waals surface area contributed by atoms with Crippen molar-refractivity contribution >= 4 is 26.6 Å². The maximum atomic E-state index is 13.1. The topological polar surface area (TPSA) is 76.6 Å². The third-order valence-electron chi connectivity index (χ3n) is 5.67. The molecule has 3 aromatic carbocycles. The molecular formula is C26H22N2O4S. The summed E-state index contributed by atoms with van der Waals surface area (Å²) in [6.45, 7) is 1.05. The molecule has 0 atom stereocenters. The van der Waals surface area contributed by atoms with E-state index in [9.17, 15) is 13.2 Å².